The van der Waals surface area contributed by atoms with Gasteiger partial charge >= 0.3 is 0 Å². The van der Waals surface area contributed by atoms with E-state index in [4.69, 9.17) is 9.47 Å². The van der Waals surface area contributed by atoms with Gasteiger partial charge in [0, 0.05) is 29.9 Å². The summed E-state index contributed by atoms with van der Waals surface area (Å²) in [5.74, 6) is 1.37. The van der Waals surface area contributed by atoms with Crippen LogP contribution in [0.5, 0.6) is 11.5 Å². The van der Waals surface area contributed by atoms with Crippen LogP contribution in [0.2, 0.25) is 0 Å². The molecular formula is C18H19N5O3. The minimum atomic E-state index is -0.429. The fraction of sp³-hybridized carbons (Fsp3) is 0.333. The van der Waals surface area contributed by atoms with Crippen molar-refractivity contribution < 1.29 is 14.3 Å². The molecule has 26 heavy (non-hydrogen) atoms. The average molecular weight is 353 g/mol. The molecule has 1 aliphatic rings. The van der Waals surface area contributed by atoms with Gasteiger partial charge in [-0.05, 0) is 32.9 Å². The first kappa shape index (κ1) is 16.3. The van der Waals surface area contributed by atoms with E-state index in [1.807, 2.05) is 26.8 Å². The van der Waals surface area contributed by atoms with E-state index < -0.39 is 5.91 Å². The van der Waals surface area contributed by atoms with Crippen LogP contribution in [0.15, 0.2) is 24.4 Å². The number of anilines is 1. The molecule has 1 amide bonds. The monoisotopic (exact) mass is 353 g/mol. The number of carbonyl (C=O) groups excluding carboxylic acids is 1. The van der Waals surface area contributed by atoms with E-state index in [2.05, 4.69) is 20.4 Å². The molecule has 0 aliphatic carbocycles. The Bertz CT molecular complexity index is 998. The highest BCUT2D eigenvalue weighted by atomic mass is 16.5. The summed E-state index contributed by atoms with van der Waals surface area (Å²) >= 11 is 0. The smallest absolute Gasteiger partial charge is 0.295 e. The SMILES string of the molecule is CCOc1cc2c(cc1NC(=O)c1nc3nccc(C)n3n1)O[C@@H](C)C2. The Kier molecular flexibility index (Phi) is 3.95. The minimum absolute atomic E-state index is 0.0454. The second-order valence-corrected chi connectivity index (χ2v) is 6.21. The van der Waals surface area contributed by atoms with Gasteiger partial charge < -0.3 is 14.8 Å². The lowest BCUT2D eigenvalue weighted by molar-refractivity contribution is 0.101. The van der Waals surface area contributed by atoms with Crippen molar-refractivity contribution in [3.8, 4) is 11.5 Å². The third-order valence-corrected chi connectivity index (χ3v) is 4.18. The maximum Gasteiger partial charge on any atom is 0.295 e. The summed E-state index contributed by atoms with van der Waals surface area (Å²) in [6, 6.07) is 5.51. The van der Waals surface area contributed by atoms with Crippen LogP contribution in [0.3, 0.4) is 0 Å². The second kappa shape index (κ2) is 6.29. The van der Waals surface area contributed by atoms with Gasteiger partial charge in [-0.15, -0.1) is 5.10 Å². The van der Waals surface area contributed by atoms with Crippen LogP contribution in [0.4, 0.5) is 5.69 Å². The van der Waals surface area contributed by atoms with Crippen molar-refractivity contribution in [3.63, 3.8) is 0 Å². The molecule has 0 radical (unpaired) electrons. The molecular weight excluding hydrogens is 334 g/mol. The maximum absolute atomic E-state index is 12.6. The molecule has 0 bridgehead atoms. The zero-order valence-electron chi connectivity index (χ0n) is 14.8. The number of benzene rings is 1. The van der Waals surface area contributed by atoms with E-state index >= 15 is 0 Å². The number of carbonyl (C=O) groups is 1. The summed E-state index contributed by atoms with van der Waals surface area (Å²) < 4.78 is 13.0. The summed E-state index contributed by atoms with van der Waals surface area (Å²) in [5, 5.41) is 7.05. The quantitative estimate of drug-likeness (QED) is 0.774. The van der Waals surface area contributed by atoms with Crippen molar-refractivity contribution >= 4 is 17.4 Å². The Morgan fingerprint density at radius 1 is 1.46 bits per heavy atom. The van der Waals surface area contributed by atoms with Gasteiger partial charge in [0.2, 0.25) is 5.82 Å². The first-order valence-corrected chi connectivity index (χ1v) is 8.51. The van der Waals surface area contributed by atoms with Crippen LogP contribution in [0.25, 0.3) is 5.78 Å². The van der Waals surface area contributed by atoms with E-state index in [1.165, 1.54) is 4.52 Å². The van der Waals surface area contributed by atoms with Gasteiger partial charge in [-0.2, -0.15) is 4.98 Å². The lowest BCUT2D eigenvalue weighted by Gasteiger charge is -2.12. The predicted molar refractivity (Wildman–Crippen MR) is 94.9 cm³/mol. The molecule has 0 saturated heterocycles. The zero-order valence-corrected chi connectivity index (χ0v) is 14.8. The Labute approximate surface area is 150 Å². The van der Waals surface area contributed by atoms with Gasteiger partial charge in [0.25, 0.3) is 11.7 Å². The summed E-state index contributed by atoms with van der Waals surface area (Å²) in [6.07, 6.45) is 2.56. The highest BCUT2D eigenvalue weighted by Gasteiger charge is 2.23. The molecule has 2 aromatic heterocycles. The fourth-order valence-corrected chi connectivity index (χ4v) is 2.99. The molecule has 4 rings (SSSR count). The normalized spacial score (nSPS) is 15.6. The average Bonchev–Trinajstić information content (AvgIpc) is 3.18. The fourth-order valence-electron chi connectivity index (χ4n) is 2.99. The predicted octanol–water partition coefficient (Wildman–Crippen LogP) is 2.41. The number of nitrogens with one attached hydrogen (secondary N) is 1. The van der Waals surface area contributed by atoms with Crippen LogP contribution in [-0.4, -0.2) is 38.2 Å². The van der Waals surface area contributed by atoms with E-state index in [-0.39, 0.29) is 11.9 Å². The molecule has 1 atom stereocenters. The van der Waals surface area contributed by atoms with E-state index in [1.54, 1.807) is 18.3 Å². The van der Waals surface area contributed by atoms with Crippen molar-refractivity contribution in [1.29, 1.82) is 0 Å². The molecule has 1 N–H and O–H groups in total. The minimum Gasteiger partial charge on any atom is -0.492 e. The highest BCUT2D eigenvalue weighted by Crippen LogP contribution is 2.38. The van der Waals surface area contributed by atoms with Crippen molar-refractivity contribution in [1.82, 2.24) is 19.6 Å². The third-order valence-electron chi connectivity index (χ3n) is 4.18. The Morgan fingerprint density at radius 3 is 3.08 bits per heavy atom. The van der Waals surface area contributed by atoms with Crippen LogP contribution >= 0.6 is 0 Å². The Balaban J connectivity index is 1.66. The summed E-state index contributed by atoms with van der Waals surface area (Å²) in [6.45, 7) is 6.27. The van der Waals surface area contributed by atoms with Crippen LogP contribution in [-0.2, 0) is 6.42 Å². The van der Waals surface area contributed by atoms with Gasteiger partial charge in [-0.1, -0.05) is 0 Å². The van der Waals surface area contributed by atoms with E-state index in [0.717, 1.165) is 23.4 Å². The Hall–Kier alpha value is -3.16. The van der Waals surface area contributed by atoms with Crippen LogP contribution in [0, 0.1) is 6.92 Å². The molecule has 0 spiro atoms. The molecule has 1 aromatic carbocycles. The maximum atomic E-state index is 12.6. The van der Waals surface area contributed by atoms with Gasteiger partial charge in [-0.25, -0.2) is 9.50 Å². The van der Waals surface area contributed by atoms with Crippen molar-refractivity contribution in [2.75, 3.05) is 11.9 Å². The number of nitrogens with zero attached hydrogens (tertiary/aromatic N) is 4. The Morgan fingerprint density at radius 2 is 2.31 bits per heavy atom. The van der Waals surface area contributed by atoms with E-state index in [9.17, 15) is 4.79 Å². The van der Waals surface area contributed by atoms with Gasteiger partial charge in [0.15, 0.2) is 0 Å². The lowest BCUT2D eigenvalue weighted by atomic mass is 10.1. The molecule has 3 heterocycles. The lowest BCUT2D eigenvalue weighted by Crippen LogP contribution is -2.15. The number of aryl methyl sites for hydroxylation is 1. The number of hydrogen-bond donors (Lipinski definition) is 1. The first-order chi connectivity index (χ1) is 12.5. The highest BCUT2D eigenvalue weighted by molar-refractivity contribution is 6.02. The van der Waals surface area contributed by atoms with Crippen molar-refractivity contribution in [2.24, 2.45) is 0 Å². The number of fused-ring (bicyclic) bond motifs is 2. The van der Waals surface area contributed by atoms with E-state index in [0.29, 0.717) is 23.8 Å². The first-order valence-electron chi connectivity index (χ1n) is 8.51. The van der Waals surface area contributed by atoms with Gasteiger partial charge in [-0.3, -0.25) is 4.79 Å². The molecule has 0 unspecified atom stereocenters. The molecule has 8 heteroatoms. The van der Waals surface area contributed by atoms with Gasteiger partial charge in [0.05, 0.1) is 12.3 Å². The third kappa shape index (κ3) is 2.83. The van der Waals surface area contributed by atoms with Crippen molar-refractivity contribution in [2.45, 2.75) is 33.3 Å². The molecule has 134 valence electrons. The molecule has 0 fully saturated rings. The number of aromatic nitrogens is 4. The number of hydrogen-bond acceptors (Lipinski definition) is 6. The topological polar surface area (TPSA) is 90.6 Å². The number of rotatable bonds is 4. The summed E-state index contributed by atoms with van der Waals surface area (Å²) in [4.78, 5) is 20.9. The number of amides is 1. The second-order valence-electron chi connectivity index (χ2n) is 6.21. The van der Waals surface area contributed by atoms with Crippen molar-refractivity contribution in [3.05, 3.63) is 41.5 Å². The molecule has 8 nitrogen and oxygen atoms in total. The standard InChI is InChI=1S/C18H19N5O3/c1-4-25-15-8-12-7-11(3)26-14(12)9-13(15)20-17(24)16-21-18-19-6-5-10(2)23(18)22-16/h5-6,8-9,11H,4,7H2,1-3H3,(H,20,24)/t11-/m0/s1. The van der Waals surface area contributed by atoms with Crippen LogP contribution in [0.1, 0.15) is 35.7 Å². The summed E-state index contributed by atoms with van der Waals surface area (Å²) in [5.41, 5.74) is 2.45. The largest absolute Gasteiger partial charge is 0.492 e. The molecule has 0 saturated carbocycles. The molecule has 3 aromatic rings. The van der Waals surface area contributed by atoms with Gasteiger partial charge in [0.1, 0.15) is 17.6 Å². The summed E-state index contributed by atoms with van der Waals surface area (Å²) in [7, 11) is 0. The number of ether oxygens (including phenoxy) is 2. The molecule has 1 aliphatic heterocycles. The zero-order chi connectivity index (χ0) is 18.3. The van der Waals surface area contributed by atoms with Crippen LogP contribution < -0.4 is 14.8 Å².